The Balaban J connectivity index is 1.42. The molecular formula is C29H34N2OS2. The van der Waals surface area contributed by atoms with Crippen LogP contribution >= 0.6 is 23.1 Å². The Morgan fingerprint density at radius 1 is 0.912 bits per heavy atom. The number of thioether (sulfide) groups is 1. The predicted molar refractivity (Wildman–Crippen MR) is 150 cm³/mol. The van der Waals surface area contributed by atoms with E-state index < -0.39 is 0 Å². The molecule has 1 amide bonds. The first-order valence-corrected chi connectivity index (χ1v) is 13.6. The molecule has 0 saturated heterocycles. The number of carbonyl (C=O) groups is 1. The zero-order valence-electron chi connectivity index (χ0n) is 20.6. The van der Waals surface area contributed by atoms with E-state index in [-0.39, 0.29) is 5.91 Å². The third-order valence-corrected chi connectivity index (χ3v) is 7.33. The Labute approximate surface area is 212 Å². The smallest absolute Gasteiger partial charge is 0.257 e. The van der Waals surface area contributed by atoms with Crippen molar-refractivity contribution in [1.82, 2.24) is 4.98 Å². The van der Waals surface area contributed by atoms with Crippen molar-refractivity contribution in [2.45, 2.75) is 58.3 Å². The van der Waals surface area contributed by atoms with Gasteiger partial charge in [-0.15, -0.1) is 11.8 Å². The van der Waals surface area contributed by atoms with Gasteiger partial charge in [0, 0.05) is 16.2 Å². The highest BCUT2D eigenvalue weighted by Gasteiger charge is 2.09. The molecule has 0 atom stereocenters. The minimum absolute atomic E-state index is 0.129. The van der Waals surface area contributed by atoms with Gasteiger partial charge in [-0.1, -0.05) is 58.4 Å². The SMILES string of the molecule is CC(C)=CCC/C(C)=C/CC/C(C)=C/CSc1ccc(C(=O)Nc2nc3ccccc3s2)cc1. The molecule has 3 rings (SSSR count). The monoisotopic (exact) mass is 490 g/mol. The van der Waals surface area contributed by atoms with Gasteiger partial charge in [-0.3, -0.25) is 10.1 Å². The van der Waals surface area contributed by atoms with Crippen molar-refractivity contribution >= 4 is 44.4 Å². The summed E-state index contributed by atoms with van der Waals surface area (Å²) in [6, 6.07) is 15.7. The fourth-order valence-corrected chi connectivity index (χ4v) is 5.17. The summed E-state index contributed by atoms with van der Waals surface area (Å²) >= 11 is 3.28. The maximum absolute atomic E-state index is 12.6. The first kappa shape index (κ1) is 26.0. The molecule has 0 bridgehead atoms. The van der Waals surface area contributed by atoms with Gasteiger partial charge < -0.3 is 0 Å². The van der Waals surface area contributed by atoms with Gasteiger partial charge in [0.05, 0.1) is 10.2 Å². The third-order valence-electron chi connectivity index (χ3n) is 5.44. The third kappa shape index (κ3) is 8.62. The second-order valence-electron chi connectivity index (χ2n) is 8.74. The molecule has 0 fully saturated rings. The number of thiazole rings is 1. The summed E-state index contributed by atoms with van der Waals surface area (Å²) in [6.45, 7) is 8.75. The topological polar surface area (TPSA) is 42.0 Å². The molecule has 0 aliphatic heterocycles. The van der Waals surface area contributed by atoms with Gasteiger partial charge in [0.15, 0.2) is 5.13 Å². The van der Waals surface area contributed by atoms with Crippen molar-refractivity contribution in [2.24, 2.45) is 0 Å². The first-order valence-electron chi connectivity index (χ1n) is 11.7. The van der Waals surface area contributed by atoms with E-state index in [1.807, 2.05) is 48.5 Å². The second-order valence-corrected chi connectivity index (χ2v) is 10.9. The van der Waals surface area contributed by atoms with Gasteiger partial charge in [0.25, 0.3) is 5.91 Å². The van der Waals surface area contributed by atoms with Crippen LogP contribution in [-0.2, 0) is 0 Å². The summed E-state index contributed by atoms with van der Waals surface area (Å²) in [6.07, 6.45) is 11.5. The van der Waals surface area contributed by atoms with E-state index in [1.165, 1.54) is 28.1 Å². The Morgan fingerprint density at radius 3 is 2.29 bits per heavy atom. The van der Waals surface area contributed by atoms with Crippen LogP contribution in [0.1, 0.15) is 63.7 Å². The molecule has 34 heavy (non-hydrogen) atoms. The minimum atomic E-state index is -0.129. The molecule has 0 aliphatic carbocycles. The van der Waals surface area contributed by atoms with E-state index in [2.05, 4.69) is 56.2 Å². The van der Waals surface area contributed by atoms with E-state index in [1.54, 1.807) is 11.8 Å². The lowest BCUT2D eigenvalue weighted by atomic mass is 10.1. The number of fused-ring (bicyclic) bond motifs is 1. The quantitative estimate of drug-likeness (QED) is 0.215. The fraction of sp³-hybridized carbons (Fsp3) is 0.310. The Hall–Kier alpha value is -2.63. The van der Waals surface area contributed by atoms with Crippen LogP contribution in [0.15, 0.2) is 88.4 Å². The van der Waals surface area contributed by atoms with Crippen LogP contribution in [0, 0.1) is 0 Å². The molecule has 0 unspecified atom stereocenters. The molecule has 0 aliphatic rings. The van der Waals surface area contributed by atoms with Crippen LogP contribution < -0.4 is 5.32 Å². The zero-order chi connectivity index (χ0) is 24.3. The number of para-hydroxylation sites is 1. The average molecular weight is 491 g/mol. The minimum Gasteiger partial charge on any atom is -0.298 e. The largest absolute Gasteiger partial charge is 0.298 e. The lowest BCUT2D eigenvalue weighted by Crippen LogP contribution is -2.11. The number of amides is 1. The molecule has 1 heterocycles. The van der Waals surface area contributed by atoms with Crippen LogP contribution in [0.3, 0.4) is 0 Å². The van der Waals surface area contributed by atoms with Gasteiger partial charge in [-0.25, -0.2) is 4.98 Å². The number of nitrogens with one attached hydrogen (secondary N) is 1. The highest BCUT2D eigenvalue weighted by Crippen LogP contribution is 2.26. The van der Waals surface area contributed by atoms with Crippen molar-refractivity contribution in [3.63, 3.8) is 0 Å². The van der Waals surface area contributed by atoms with Crippen LogP contribution in [0.4, 0.5) is 5.13 Å². The Kier molecular flexibility index (Phi) is 10.2. The number of anilines is 1. The van der Waals surface area contributed by atoms with E-state index in [4.69, 9.17) is 0 Å². The molecule has 3 aromatic rings. The molecule has 2 aromatic carbocycles. The van der Waals surface area contributed by atoms with Crippen molar-refractivity contribution in [3.05, 3.63) is 89.0 Å². The van der Waals surface area contributed by atoms with Crippen LogP contribution in [0.2, 0.25) is 0 Å². The summed E-state index contributed by atoms with van der Waals surface area (Å²) < 4.78 is 1.07. The zero-order valence-corrected chi connectivity index (χ0v) is 22.2. The number of rotatable bonds is 11. The van der Waals surface area contributed by atoms with Crippen LogP contribution in [0.5, 0.6) is 0 Å². The summed E-state index contributed by atoms with van der Waals surface area (Å²) in [5, 5.41) is 3.54. The van der Waals surface area contributed by atoms with Crippen molar-refractivity contribution in [2.75, 3.05) is 11.1 Å². The standard InChI is InChI=1S/C29H34N2OS2/c1-21(2)9-7-10-22(3)11-8-12-23(4)19-20-33-25-17-15-24(16-18-25)28(32)31-29-30-26-13-5-6-14-27(26)34-29/h5-6,9,11,13-19H,7-8,10,12,20H2,1-4H3,(H,30,31,32)/b22-11+,23-19+. The molecule has 0 radical (unpaired) electrons. The highest BCUT2D eigenvalue weighted by molar-refractivity contribution is 7.99. The van der Waals surface area contributed by atoms with Gasteiger partial charge in [0.1, 0.15) is 0 Å². The molecule has 1 aromatic heterocycles. The number of carbonyl (C=O) groups excluding carboxylic acids is 1. The number of nitrogens with zero attached hydrogens (tertiary/aromatic N) is 1. The fourth-order valence-electron chi connectivity index (χ4n) is 3.42. The van der Waals surface area contributed by atoms with Crippen molar-refractivity contribution in [1.29, 1.82) is 0 Å². The predicted octanol–water partition coefficient (Wildman–Crippen LogP) is 9.06. The summed E-state index contributed by atoms with van der Waals surface area (Å²) in [7, 11) is 0. The molecule has 1 N–H and O–H groups in total. The van der Waals surface area contributed by atoms with Gasteiger partial charge in [-0.05, 0) is 89.8 Å². The van der Waals surface area contributed by atoms with Crippen molar-refractivity contribution < 1.29 is 4.79 Å². The lowest BCUT2D eigenvalue weighted by Gasteiger charge is -2.04. The number of aromatic nitrogens is 1. The van der Waals surface area contributed by atoms with Crippen LogP contribution in [-0.4, -0.2) is 16.6 Å². The molecule has 178 valence electrons. The first-order chi connectivity index (χ1) is 16.4. The summed E-state index contributed by atoms with van der Waals surface area (Å²) in [4.78, 5) is 18.2. The molecular weight excluding hydrogens is 456 g/mol. The number of hydrogen-bond donors (Lipinski definition) is 1. The second kappa shape index (κ2) is 13.3. The lowest BCUT2D eigenvalue weighted by molar-refractivity contribution is 0.102. The van der Waals surface area contributed by atoms with E-state index in [9.17, 15) is 4.79 Å². The molecule has 0 saturated carbocycles. The number of benzene rings is 2. The maximum Gasteiger partial charge on any atom is 0.257 e. The van der Waals surface area contributed by atoms with Gasteiger partial charge in [-0.2, -0.15) is 0 Å². The van der Waals surface area contributed by atoms with Crippen molar-refractivity contribution in [3.8, 4) is 0 Å². The van der Waals surface area contributed by atoms with Gasteiger partial charge >= 0.3 is 0 Å². The Morgan fingerprint density at radius 2 is 1.59 bits per heavy atom. The van der Waals surface area contributed by atoms with Gasteiger partial charge in [0.2, 0.25) is 0 Å². The summed E-state index contributed by atoms with van der Waals surface area (Å²) in [5.74, 6) is 0.808. The number of allylic oxidation sites excluding steroid dienone is 5. The normalized spacial score (nSPS) is 12.1. The van der Waals surface area contributed by atoms with E-state index in [0.29, 0.717) is 10.7 Å². The Bertz CT molecular complexity index is 1150. The average Bonchev–Trinajstić information content (AvgIpc) is 3.21. The molecule has 5 heteroatoms. The van der Waals surface area contributed by atoms with E-state index >= 15 is 0 Å². The maximum atomic E-state index is 12.6. The van der Waals surface area contributed by atoms with E-state index in [0.717, 1.165) is 46.5 Å². The highest BCUT2D eigenvalue weighted by atomic mass is 32.2. The molecule has 3 nitrogen and oxygen atoms in total. The molecule has 0 spiro atoms. The summed E-state index contributed by atoms with van der Waals surface area (Å²) in [5.41, 5.74) is 5.84. The number of hydrogen-bond acceptors (Lipinski definition) is 4. The van der Waals surface area contributed by atoms with Crippen LogP contribution in [0.25, 0.3) is 10.2 Å².